The van der Waals surface area contributed by atoms with Crippen molar-refractivity contribution in [3.8, 4) is 34.5 Å². The molecule has 10 aromatic rings. The molecule has 13 rings (SSSR count). The molecule has 0 radical (unpaired) electrons. The lowest BCUT2D eigenvalue weighted by atomic mass is 9.87. The smallest absolute Gasteiger partial charge is 0.344 e. The standard InChI is InChI=1S/C63H36O12/c64-58(70-34-19-7-1-8-20-34)52-40-31-42-48-46(40)47-41(53(52)59(65)71-35-21-9-2-10-22-35)32-43-49(47)51-45(57(63(69)75-39-29-17-6-18-30-39)55(43)61(67)73-37-25-13-4-14-26-37)33-44(50(48)51)56(62(68)74-38-27-15-5-16-28-38)54(42)60(66)72-36-23-11-3-12-24-36/h1-30H,31-33H2. The average molecular weight is 985 g/mol. The molecule has 0 fully saturated rings. The van der Waals surface area contributed by atoms with Gasteiger partial charge >= 0.3 is 35.8 Å². The molecular formula is C63H36O12. The molecule has 0 saturated carbocycles. The third-order valence-corrected chi connectivity index (χ3v) is 13.9. The largest absolute Gasteiger partial charge is 0.423 e. The minimum Gasteiger partial charge on any atom is -0.423 e. The predicted octanol–water partition coefficient (Wildman–Crippen LogP) is 12.2. The van der Waals surface area contributed by atoms with Gasteiger partial charge in [0.25, 0.3) is 0 Å². The first-order chi connectivity index (χ1) is 36.7. The summed E-state index contributed by atoms with van der Waals surface area (Å²) in [6.45, 7) is 0. The summed E-state index contributed by atoms with van der Waals surface area (Å²) in [6.07, 6.45) is -0.567. The van der Waals surface area contributed by atoms with Crippen molar-refractivity contribution in [2.45, 2.75) is 19.3 Å². The van der Waals surface area contributed by atoms with E-state index in [1.165, 1.54) is 0 Å². The second-order valence-electron chi connectivity index (χ2n) is 18.1. The van der Waals surface area contributed by atoms with Crippen molar-refractivity contribution < 1.29 is 57.2 Å². The van der Waals surface area contributed by atoms with Crippen LogP contribution < -0.4 is 28.4 Å². The maximum atomic E-state index is 15.3. The quantitative estimate of drug-likeness (QED) is 0.0649. The van der Waals surface area contributed by atoms with Crippen LogP contribution in [0, 0.1) is 0 Å². The Kier molecular flexibility index (Phi) is 10.6. The van der Waals surface area contributed by atoms with Crippen molar-refractivity contribution in [1.82, 2.24) is 0 Å². The maximum absolute atomic E-state index is 15.3. The van der Waals surface area contributed by atoms with Crippen molar-refractivity contribution in [2.24, 2.45) is 0 Å². The first kappa shape index (κ1) is 44.7. The summed E-state index contributed by atoms with van der Waals surface area (Å²) in [4.78, 5) is 91.6. The average Bonchev–Trinajstić information content (AvgIpc) is 4.23. The van der Waals surface area contributed by atoms with Crippen LogP contribution in [0.15, 0.2) is 182 Å². The van der Waals surface area contributed by atoms with Gasteiger partial charge < -0.3 is 28.4 Å². The number of carbonyl (C=O) groups excluding carboxylic acids is 6. The van der Waals surface area contributed by atoms with Gasteiger partial charge in [0.05, 0.1) is 33.4 Å². The van der Waals surface area contributed by atoms with Gasteiger partial charge in [-0.25, -0.2) is 28.8 Å². The summed E-state index contributed by atoms with van der Waals surface area (Å²) < 4.78 is 36.7. The second-order valence-corrected chi connectivity index (χ2v) is 18.1. The lowest BCUT2D eigenvalue weighted by molar-refractivity contribution is 0.0689. The Hall–Kier alpha value is -10.2. The molecule has 0 amide bonds. The molecule has 3 aliphatic rings. The minimum atomic E-state index is -0.907. The minimum absolute atomic E-state index is 0.152. The van der Waals surface area contributed by atoms with Gasteiger partial charge in [-0.3, -0.25) is 0 Å². The molecule has 0 heterocycles. The van der Waals surface area contributed by atoms with Gasteiger partial charge in [-0.2, -0.15) is 0 Å². The van der Waals surface area contributed by atoms with Crippen molar-refractivity contribution >= 4 is 68.1 Å². The molecule has 0 spiro atoms. The summed E-state index contributed by atoms with van der Waals surface area (Å²) >= 11 is 0. The van der Waals surface area contributed by atoms with Gasteiger partial charge in [-0.15, -0.1) is 0 Å². The van der Waals surface area contributed by atoms with E-state index in [1.807, 2.05) is 0 Å². The Morgan fingerprint density at radius 1 is 0.213 bits per heavy atom. The van der Waals surface area contributed by atoms with Crippen LogP contribution in [0.5, 0.6) is 34.5 Å². The first-order valence-corrected chi connectivity index (χ1v) is 24.0. The van der Waals surface area contributed by atoms with Gasteiger partial charge in [-0.05, 0) is 138 Å². The van der Waals surface area contributed by atoms with E-state index in [0.29, 0.717) is 65.7 Å². The van der Waals surface area contributed by atoms with Crippen LogP contribution in [0.1, 0.15) is 95.5 Å². The van der Waals surface area contributed by atoms with Crippen LogP contribution in [0.25, 0.3) is 32.3 Å². The van der Waals surface area contributed by atoms with Crippen molar-refractivity contribution in [3.05, 3.63) is 249 Å². The molecular weight excluding hydrogens is 949 g/mol. The summed E-state index contributed by atoms with van der Waals surface area (Å²) in [5.41, 5.74) is 0.933. The first-order valence-electron chi connectivity index (χ1n) is 24.0. The molecule has 10 aromatic carbocycles. The van der Waals surface area contributed by atoms with Crippen molar-refractivity contribution in [3.63, 3.8) is 0 Å². The number of esters is 6. The Morgan fingerprint density at radius 2 is 0.347 bits per heavy atom. The van der Waals surface area contributed by atoms with E-state index in [4.69, 9.17) is 28.4 Å². The Labute approximate surface area is 426 Å². The molecule has 0 saturated heterocycles. The zero-order chi connectivity index (χ0) is 50.9. The van der Waals surface area contributed by atoms with Gasteiger partial charge in [0, 0.05) is 19.3 Å². The number of carbonyl (C=O) groups is 6. The van der Waals surface area contributed by atoms with Crippen LogP contribution in [0.2, 0.25) is 0 Å². The molecule has 0 bridgehead atoms. The summed E-state index contributed by atoms with van der Waals surface area (Å²) in [7, 11) is 0. The van der Waals surface area contributed by atoms with Gasteiger partial charge in [-0.1, -0.05) is 109 Å². The number of para-hydroxylation sites is 6. The van der Waals surface area contributed by atoms with Crippen LogP contribution in [0.4, 0.5) is 0 Å². The Morgan fingerprint density at radius 3 is 0.480 bits per heavy atom. The molecule has 0 N–H and O–H groups in total. The lowest BCUT2D eigenvalue weighted by Gasteiger charge is -2.18. The third kappa shape index (κ3) is 7.37. The fraction of sp³-hybridized carbons (Fsp3) is 0.0476. The summed E-state index contributed by atoms with van der Waals surface area (Å²) in [5, 5.41) is 2.95. The number of hydrogen-bond acceptors (Lipinski definition) is 12. The van der Waals surface area contributed by atoms with E-state index in [-0.39, 0.29) is 87.1 Å². The highest BCUT2D eigenvalue weighted by Crippen LogP contribution is 2.58. The lowest BCUT2D eigenvalue weighted by Crippen LogP contribution is -2.22. The molecule has 75 heavy (non-hydrogen) atoms. The van der Waals surface area contributed by atoms with E-state index < -0.39 is 35.8 Å². The molecule has 12 nitrogen and oxygen atoms in total. The zero-order valence-corrected chi connectivity index (χ0v) is 39.3. The van der Waals surface area contributed by atoms with E-state index in [9.17, 15) is 0 Å². The normalized spacial score (nSPS) is 12.2. The monoisotopic (exact) mass is 984 g/mol. The number of hydrogen-bond donors (Lipinski definition) is 0. The zero-order valence-electron chi connectivity index (χ0n) is 39.3. The fourth-order valence-electron chi connectivity index (χ4n) is 11.0. The van der Waals surface area contributed by atoms with Crippen LogP contribution in [0.3, 0.4) is 0 Å². The highest BCUT2D eigenvalue weighted by Gasteiger charge is 2.46. The van der Waals surface area contributed by atoms with E-state index >= 15 is 28.8 Å². The number of rotatable bonds is 12. The molecule has 360 valence electrons. The second kappa shape index (κ2) is 17.8. The van der Waals surface area contributed by atoms with Gasteiger partial charge in [0.15, 0.2) is 0 Å². The third-order valence-electron chi connectivity index (χ3n) is 13.9. The Bertz CT molecular complexity index is 3390. The predicted molar refractivity (Wildman–Crippen MR) is 276 cm³/mol. The molecule has 0 aromatic heterocycles. The number of ether oxygens (including phenoxy) is 6. The van der Waals surface area contributed by atoms with Crippen LogP contribution >= 0.6 is 0 Å². The topological polar surface area (TPSA) is 158 Å². The van der Waals surface area contributed by atoms with E-state index in [2.05, 4.69) is 0 Å². The maximum Gasteiger partial charge on any atom is 0.344 e. The highest BCUT2D eigenvalue weighted by molar-refractivity contribution is 6.39. The van der Waals surface area contributed by atoms with Crippen LogP contribution in [-0.2, 0) is 19.3 Å². The van der Waals surface area contributed by atoms with E-state index in [0.717, 1.165) is 0 Å². The molecule has 0 unspecified atom stereocenters. The van der Waals surface area contributed by atoms with Gasteiger partial charge in [0.2, 0.25) is 0 Å². The molecule has 12 heteroatoms. The summed E-state index contributed by atoms with van der Waals surface area (Å²) in [5.74, 6) is -4.34. The molecule has 0 atom stereocenters. The van der Waals surface area contributed by atoms with Crippen LogP contribution in [-0.4, -0.2) is 35.8 Å². The van der Waals surface area contributed by atoms with Crippen molar-refractivity contribution in [2.75, 3.05) is 0 Å². The Balaban J connectivity index is 1.16. The van der Waals surface area contributed by atoms with Crippen molar-refractivity contribution in [1.29, 1.82) is 0 Å². The fourth-order valence-corrected chi connectivity index (χ4v) is 11.0. The van der Waals surface area contributed by atoms with Gasteiger partial charge in [0.1, 0.15) is 34.5 Å². The highest BCUT2D eigenvalue weighted by atomic mass is 16.6. The summed E-state index contributed by atoms with van der Waals surface area (Å²) in [6, 6.07) is 50.2. The molecule has 3 aliphatic carbocycles. The SMILES string of the molecule is O=C(Oc1ccccc1)c1c(C(=O)Oc2ccccc2)c2c3c4c1Cc1c(C(=O)Oc5ccccc5)c(C(=O)Oc5ccccc5)c5c(c14)c1c(c(C(=O)Oc4ccccc4)c(C(=O)Oc4ccccc4)c(c31)C2)C5. The van der Waals surface area contributed by atoms with E-state index in [1.54, 1.807) is 182 Å². The number of benzene rings is 10. The molecule has 0 aliphatic heterocycles.